The van der Waals surface area contributed by atoms with Crippen LogP contribution in [-0.2, 0) is 16.1 Å². The highest BCUT2D eigenvalue weighted by molar-refractivity contribution is 9.10. The van der Waals surface area contributed by atoms with Crippen molar-refractivity contribution in [3.63, 3.8) is 0 Å². The Labute approximate surface area is 204 Å². The average molecular weight is 522 g/mol. The summed E-state index contributed by atoms with van der Waals surface area (Å²) in [5, 5.41) is 11.5. The number of aromatic amines is 2. The Bertz CT molecular complexity index is 1410. The van der Waals surface area contributed by atoms with E-state index in [1.54, 1.807) is 9.30 Å². The van der Waals surface area contributed by atoms with Gasteiger partial charge in [0.15, 0.2) is 5.76 Å². The van der Waals surface area contributed by atoms with Crippen LogP contribution in [0, 0.1) is 6.92 Å². The van der Waals surface area contributed by atoms with Crippen molar-refractivity contribution < 1.29 is 23.7 Å². The van der Waals surface area contributed by atoms with Gasteiger partial charge in [0.2, 0.25) is 12.0 Å². The normalized spacial score (nSPS) is 17.7. The van der Waals surface area contributed by atoms with Crippen LogP contribution in [0.3, 0.4) is 0 Å². The lowest BCUT2D eigenvalue weighted by Crippen LogP contribution is -2.36. The number of hydrogen-bond donors (Lipinski definition) is 3. The molecule has 4 heterocycles. The highest BCUT2D eigenvalue weighted by Gasteiger charge is 2.47. The molecule has 172 valence electrons. The molecule has 1 fully saturated rings. The highest BCUT2D eigenvalue weighted by atomic mass is 79.9. The maximum absolute atomic E-state index is 13.3. The first kappa shape index (κ1) is 22.1. The molecule has 1 unspecified atom stereocenters. The minimum absolute atomic E-state index is 0.0990. The van der Waals surface area contributed by atoms with Crippen molar-refractivity contribution in [2.24, 2.45) is 0 Å². The maximum atomic E-state index is 13.3. The number of fused-ring (bicyclic) bond motifs is 1. The monoisotopic (exact) mass is 521 g/mol. The van der Waals surface area contributed by atoms with Gasteiger partial charge in [0.05, 0.1) is 24.4 Å². The van der Waals surface area contributed by atoms with Crippen molar-refractivity contribution in [3.05, 3.63) is 94.4 Å². The van der Waals surface area contributed by atoms with Gasteiger partial charge in [-0.25, -0.2) is 9.55 Å². The molecular weight excluding hydrogens is 498 g/mol. The van der Waals surface area contributed by atoms with E-state index < -0.39 is 17.7 Å². The van der Waals surface area contributed by atoms with Gasteiger partial charge < -0.3 is 10.0 Å². The van der Waals surface area contributed by atoms with Crippen LogP contribution in [0.5, 0.6) is 0 Å². The summed E-state index contributed by atoms with van der Waals surface area (Å²) in [4.78, 5) is 34.3. The van der Waals surface area contributed by atoms with E-state index in [2.05, 4.69) is 25.9 Å². The summed E-state index contributed by atoms with van der Waals surface area (Å²) >= 11 is 3.45. The van der Waals surface area contributed by atoms with Crippen molar-refractivity contribution in [1.29, 1.82) is 0 Å². The quantitative estimate of drug-likeness (QED) is 0.157. The summed E-state index contributed by atoms with van der Waals surface area (Å²) in [5.74, 6) is -1.46. The second-order valence-electron chi connectivity index (χ2n) is 8.30. The number of H-pyrrole nitrogens is 2. The summed E-state index contributed by atoms with van der Waals surface area (Å²) in [5.41, 5.74) is 2.81. The number of nitrogens with zero attached hydrogens (tertiary/aromatic N) is 3. The molecule has 9 heteroatoms. The lowest BCUT2D eigenvalue weighted by Gasteiger charge is -2.25. The van der Waals surface area contributed by atoms with E-state index in [-0.39, 0.29) is 11.3 Å². The third-order valence-electron chi connectivity index (χ3n) is 6.14. The molecule has 5 rings (SSSR count). The van der Waals surface area contributed by atoms with Gasteiger partial charge in [0.1, 0.15) is 18.1 Å². The van der Waals surface area contributed by atoms with Crippen LogP contribution in [0.2, 0.25) is 0 Å². The van der Waals surface area contributed by atoms with Crippen LogP contribution in [-0.4, -0.2) is 38.2 Å². The Kier molecular flexibility index (Phi) is 5.79. The molecule has 3 N–H and O–H groups in total. The average Bonchev–Trinajstić information content (AvgIpc) is 3.52. The number of aliphatic hydroxyl groups excluding tert-OH is 1. The Balaban J connectivity index is 1.60. The second kappa shape index (κ2) is 8.90. The van der Waals surface area contributed by atoms with Gasteiger partial charge in [-0.05, 0) is 23.8 Å². The molecule has 1 saturated heterocycles. The SMILES string of the molecule is Cc1[nH]c2cccc[n+]2c1C(O)=C1C(=O)C(=O)N(CCC[n+]2cc[nH]c2)C1c1ccc(Br)cc1. The number of benzene rings is 1. The predicted octanol–water partition coefficient (Wildman–Crippen LogP) is 2.95. The zero-order valence-corrected chi connectivity index (χ0v) is 20.1. The first-order chi connectivity index (χ1) is 16.5. The van der Waals surface area contributed by atoms with Crippen molar-refractivity contribution in [2.75, 3.05) is 6.54 Å². The maximum Gasteiger partial charge on any atom is 0.295 e. The van der Waals surface area contributed by atoms with E-state index in [0.717, 1.165) is 15.7 Å². The minimum Gasteiger partial charge on any atom is -0.503 e. The number of carbonyl (C=O) groups excluding carboxylic acids is 2. The summed E-state index contributed by atoms with van der Waals surface area (Å²) in [6, 6.07) is 12.4. The van der Waals surface area contributed by atoms with Gasteiger partial charge in [-0.1, -0.05) is 34.1 Å². The topological polar surface area (TPSA) is 97.2 Å². The van der Waals surface area contributed by atoms with E-state index in [4.69, 9.17) is 0 Å². The fourth-order valence-corrected chi connectivity index (χ4v) is 4.84. The number of carbonyl (C=O) groups is 2. The van der Waals surface area contributed by atoms with Gasteiger partial charge in [0.25, 0.3) is 17.3 Å². The van der Waals surface area contributed by atoms with E-state index in [9.17, 15) is 14.7 Å². The van der Waals surface area contributed by atoms with Gasteiger partial charge in [-0.3, -0.25) is 14.6 Å². The van der Waals surface area contributed by atoms with Crippen molar-refractivity contribution in [2.45, 2.75) is 25.9 Å². The Morgan fingerprint density at radius 2 is 1.94 bits per heavy atom. The molecule has 0 spiro atoms. The first-order valence-corrected chi connectivity index (χ1v) is 11.8. The van der Waals surface area contributed by atoms with Crippen LogP contribution in [0.25, 0.3) is 11.4 Å². The fourth-order valence-electron chi connectivity index (χ4n) is 4.58. The van der Waals surface area contributed by atoms with E-state index in [1.807, 2.05) is 78.9 Å². The van der Waals surface area contributed by atoms with Crippen molar-refractivity contribution in [3.8, 4) is 0 Å². The molecule has 8 nitrogen and oxygen atoms in total. The zero-order valence-electron chi connectivity index (χ0n) is 18.5. The molecule has 0 radical (unpaired) electrons. The van der Waals surface area contributed by atoms with Crippen LogP contribution >= 0.6 is 15.9 Å². The van der Waals surface area contributed by atoms with Crippen molar-refractivity contribution in [1.82, 2.24) is 14.9 Å². The summed E-state index contributed by atoms with van der Waals surface area (Å²) in [6.45, 7) is 2.90. The number of aliphatic hydroxyl groups is 1. The number of aryl methyl sites for hydroxylation is 2. The number of imidazole rings is 2. The van der Waals surface area contributed by atoms with Gasteiger partial charge in [0, 0.05) is 30.4 Å². The molecular formula is C25H24BrN5O3+2. The van der Waals surface area contributed by atoms with Crippen LogP contribution in [0.1, 0.15) is 29.4 Å². The Hall–Kier alpha value is -3.72. The molecule has 0 saturated carbocycles. The van der Waals surface area contributed by atoms with Crippen molar-refractivity contribution >= 4 is 39.0 Å². The lowest BCUT2D eigenvalue weighted by atomic mass is 9.96. The summed E-state index contributed by atoms with van der Waals surface area (Å²) in [7, 11) is 0. The van der Waals surface area contributed by atoms with E-state index in [0.29, 0.717) is 30.9 Å². The Morgan fingerprint density at radius 1 is 1.15 bits per heavy atom. The summed E-state index contributed by atoms with van der Waals surface area (Å²) in [6.07, 6.45) is 8.06. The molecule has 1 aromatic carbocycles. The van der Waals surface area contributed by atoms with Gasteiger partial charge in [-0.2, -0.15) is 4.40 Å². The number of nitrogens with one attached hydrogen (secondary N) is 2. The number of amides is 1. The molecule has 34 heavy (non-hydrogen) atoms. The minimum atomic E-state index is -0.682. The van der Waals surface area contributed by atoms with Gasteiger partial charge in [-0.15, -0.1) is 0 Å². The molecule has 1 aliphatic rings. The number of Topliss-reactive ketones (excluding diaryl/α,β-unsaturated/α-hetero) is 1. The molecule has 1 amide bonds. The number of likely N-dealkylation sites (tertiary alicyclic amines) is 1. The number of aromatic nitrogens is 4. The molecule has 0 bridgehead atoms. The van der Waals surface area contributed by atoms with E-state index in [1.165, 1.54) is 0 Å². The standard InChI is InChI=1S/C25H22BrN5O3/c1-16-21(30-12-3-2-5-19(30)28-16)23(32)20-22(17-6-8-18(26)9-7-17)31(25(34)24(20)33)13-4-11-29-14-10-27-15-29/h2-3,5-10,12,14-15,22H,4,11,13H2,1H3,(H,32,33)/p+2. The molecule has 1 atom stereocenters. The fraction of sp³-hybridized carbons (Fsp3) is 0.200. The number of hydrogen-bond acceptors (Lipinski definition) is 3. The molecule has 1 aliphatic heterocycles. The predicted molar refractivity (Wildman–Crippen MR) is 127 cm³/mol. The second-order valence-corrected chi connectivity index (χ2v) is 9.22. The number of halogens is 1. The number of rotatable bonds is 6. The molecule has 0 aliphatic carbocycles. The zero-order chi connectivity index (χ0) is 23.8. The number of ketones is 1. The molecule has 3 aromatic heterocycles. The van der Waals surface area contributed by atoms with Crippen LogP contribution in [0.15, 0.2) is 77.4 Å². The third kappa shape index (κ3) is 3.81. The summed E-state index contributed by atoms with van der Waals surface area (Å²) < 4.78 is 4.66. The smallest absolute Gasteiger partial charge is 0.295 e. The largest absolute Gasteiger partial charge is 0.503 e. The lowest BCUT2D eigenvalue weighted by molar-refractivity contribution is -0.695. The van der Waals surface area contributed by atoms with Gasteiger partial charge >= 0.3 is 0 Å². The first-order valence-electron chi connectivity index (χ1n) is 11.0. The third-order valence-corrected chi connectivity index (χ3v) is 6.67. The van der Waals surface area contributed by atoms with Crippen LogP contribution in [0.4, 0.5) is 0 Å². The highest BCUT2D eigenvalue weighted by Crippen LogP contribution is 2.39. The number of pyridine rings is 1. The van der Waals surface area contributed by atoms with Crippen LogP contribution < -0.4 is 8.97 Å². The molecule has 4 aromatic rings. The van der Waals surface area contributed by atoms with E-state index >= 15 is 0 Å². The Morgan fingerprint density at radius 3 is 2.68 bits per heavy atom.